The third kappa shape index (κ3) is 2.18. The van der Waals surface area contributed by atoms with E-state index in [1.54, 1.807) is 0 Å². The van der Waals surface area contributed by atoms with E-state index in [1.165, 1.54) is 0 Å². The lowest BCUT2D eigenvalue weighted by Crippen LogP contribution is -2.50. The maximum Gasteiger partial charge on any atom is 0.244 e. The van der Waals surface area contributed by atoms with Gasteiger partial charge in [0.2, 0.25) is 5.91 Å². The van der Waals surface area contributed by atoms with Gasteiger partial charge in [0.25, 0.3) is 0 Å². The summed E-state index contributed by atoms with van der Waals surface area (Å²) in [4.78, 5) is 20.1. The van der Waals surface area contributed by atoms with E-state index >= 15 is 0 Å². The lowest BCUT2D eigenvalue weighted by atomic mass is 9.93. The summed E-state index contributed by atoms with van der Waals surface area (Å²) >= 11 is 0. The lowest BCUT2D eigenvalue weighted by Gasteiger charge is -2.26. The number of nitrogens with zero attached hydrogens (tertiary/aromatic N) is 1. The quantitative estimate of drug-likeness (QED) is 0.803. The van der Waals surface area contributed by atoms with Crippen LogP contribution in [0.2, 0.25) is 0 Å². The van der Waals surface area contributed by atoms with Gasteiger partial charge in [-0.05, 0) is 50.9 Å². The van der Waals surface area contributed by atoms with Crippen LogP contribution in [-0.2, 0) is 4.79 Å². The molecule has 1 amide bonds. The van der Waals surface area contributed by atoms with Crippen LogP contribution in [0.15, 0.2) is 18.2 Å². The molecule has 0 saturated carbocycles. The van der Waals surface area contributed by atoms with Gasteiger partial charge in [0.05, 0.1) is 16.6 Å². The first-order valence-corrected chi connectivity index (χ1v) is 7.16. The zero-order valence-electron chi connectivity index (χ0n) is 11.9. The minimum atomic E-state index is -0.404. The molecule has 1 aliphatic rings. The molecule has 1 atom stereocenters. The summed E-state index contributed by atoms with van der Waals surface area (Å²) < 4.78 is 0. The van der Waals surface area contributed by atoms with E-state index in [4.69, 9.17) is 0 Å². The maximum atomic E-state index is 12.5. The van der Waals surface area contributed by atoms with Crippen molar-refractivity contribution in [1.29, 1.82) is 0 Å². The van der Waals surface area contributed by atoms with Gasteiger partial charge < -0.3 is 15.6 Å². The van der Waals surface area contributed by atoms with Crippen LogP contribution < -0.4 is 10.6 Å². The minimum Gasteiger partial charge on any atom is -0.342 e. The number of imidazole rings is 1. The molecule has 0 bridgehead atoms. The number of H-pyrrole nitrogens is 1. The zero-order chi connectivity index (χ0) is 14.2. The molecule has 1 saturated heterocycles. The molecule has 20 heavy (non-hydrogen) atoms. The topological polar surface area (TPSA) is 69.8 Å². The highest BCUT2D eigenvalue weighted by Crippen LogP contribution is 2.25. The molecular formula is C15H20N4O. The monoisotopic (exact) mass is 272 g/mol. The number of anilines is 1. The Labute approximate surface area is 118 Å². The van der Waals surface area contributed by atoms with Crippen LogP contribution in [0.1, 0.15) is 32.0 Å². The number of carbonyl (C=O) groups excluding carboxylic acids is 1. The molecule has 0 radical (unpaired) electrons. The van der Waals surface area contributed by atoms with Gasteiger partial charge in [-0.3, -0.25) is 4.79 Å². The van der Waals surface area contributed by atoms with Crippen LogP contribution in [0.4, 0.5) is 5.69 Å². The Hall–Kier alpha value is -1.88. The van der Waals surface area contributed by atoms with Gasteiger partial charge in [0.15, 0.2) is 0 Å². The Kier molecular flexibility index (Phi) is 3.22. The Morgan fingerprint density at radius 1 is 1.50 bits per heavy atom. The molecule has 1 unspecified atom stereocenters. The predicted octanol–water partition coefficient (Wildman–Crippen LogP) is 2.34. The molecule has 2 heterocycles. The third-order valence-electron chi connectivity index (χ3n) is 4.14. The number of hydrogen-bond acceptors (Lipinski definition) is 3. The fourth-order valence-electron chi connectivity index (χ4n) is 2.93. The molecule has 2 aromatic rings. The highest BCUT2D eigenvalue weighted by atomic mass is 16.2. The Balaban J connectivity index is 1.83. The van der Waals surface area contributed by atoms with E-state index in [1.807, 2.05) is 25.1 Å². The molecule has 0 spiro atoms. The largest absolute Gasteiger partial charge is 0.342 e. The first-order chi connectivity index (χ1) is 9.63. The number of aromatic nitrogens is 2. The van der Waals surface area contributed by atoms with Crippen molar-refractivity contribution in [2.24, 2.45) is 0 Å². The second-order valence-electron chi connectivity index (χ2n) is 5.47. The summed E-state index contributed by atoms with van der Waals surface area (Å²) in [6.07, 6.45) is 2.77. The molecule has 1 aromatic heterocycles. The Bertz CT molecular complexity index is 640. The summed E-state index contributed by atoms with van der Waals surface area (Å²) in [5, 5.41) is 6.38. The van der Waals surface area contributed by atoms with Crippen molar-refractivity contribution in [2.75, 3.05) is 11.9 Å². The van der Waals surface area contributed by atoms with Gasteiger partial charge in [0, 0.05) is 5.69 Å². The molecule has 1 aromatic carbocycles. The van der Waals surface area contributed by atoms with E-state index in [9.17, 15) is 4.79 Å². The predicted molar refractivity (Wildman–Crippen MR) is 79.7 cm³/mol. The van der Waals surface area contributed by atoms with Crippen molar-refractivity contribution >= 4 is 22.6 Å². The summed E-state index contributed by atoms with van der Waals surface area (Å²) in [5.41, 5.74) is 2.28. The zero-order valence-corrected chi connectivity index (χ0v) is 11.9. The maximum absolute atomic E-state index is 12.5. The molecule has 0 aliphatic carbocycles. The number of aryl methyl sites for hydroxylation is 1. The molecule has 5 heteroatoms. The molecule has 5 nitrogen and oxygen atoms in total. The van der Waals surface area contributed by atoms with Gasteiger partial charge >= 0.3 is 0 Å². The number of carbonyl (C=O) groups is 1. The Morgan fingerprint density at radius 2 is 2.35 bits per heavy atom. The minimum absolute atomic E-state index is 0.0630. The number of hydrogen-bond donors (Lipinski definition) is 3. The Morgan fingerprint density at radius 3 is 3.05 bits per heavy atom. The van der Waals surface area contributed by atoms with Gasteiger partial charge in [-0.15, -0.1) is 0 Å². The smallest absolute Gasteiger partial charge is 0.244 e. The van der Waals surface area contributed by atoms with Crippen LogP contribution in [0.3, 0.4) is 0 Å². The van der Waals surface area contributed by atoms with Crippen molar-refractivity contribution in [1.82, 2.24) is 15.3 Å². The first kappa shape index (κ1) is 13.1. The van der Waals surface area contributed by atoms with E-state index in [0.29, 0.717) is 0 Å². The highest BCUT2D eigenvalue weighted by molar-refractivity contribution is 5.99. The molecule has 3 N–H and O–H groups in total. The highest BCUT2D eigenvalue weighted by Gasteiger charge is 2.39. The standard InChI is InChI=1S/C15H20N4O/c1-3-15(7-4-8-16-15)14(20)19-11-5-6-12-13(9-11)18-10(2)17-12/h5-6,9,16H,3-4,7-8H2,1-2H3,(H,17,18)(H,19,20). The van der Waals surface area contributed by atoms with Crippen molar-refractivity contribution < 1.29 is 4.79 Å². The average Bonchev–Trinajstić information content (AvgIpc) is 3.04. The summed E-state index contributed by atoms with van der Waals surface area (Å²) in [7, 11) is 0. The van der Waals surface area contributed by atoms with E-state index in [0.717, 1.165) is 48.4 Å². The normalized spacial score (nSPS) is 22.3. The van der Waals surface area contributed by atoms with Crippen molar-refractivity contribution in [3.05, 3.63) is 24.0 Å². The van der Waals surface area contributed by atoms with Gasteiger partial charge in [-0.1, -0.05) is 6.92 Å². The van der Waals surface area contributed by atoms with Crippen LogP contribution in [0, 0.1) is 6.92 Å². The third-order valence-corrected chi connectivity index (χ3v) is 4.14. The van der Waals surface area contributed by atoms with Crippen LogP contribution in [-0.4, -0.2) is 28.0 Å². The molecule has 106 valence electrons. The lowest BCUT2D eigenvalue weighted by molar-refractivity contribution is -0.122. The van der Waals surface area contributed by atoms with Crippen molar-refractivity contribution in [3.63, 3.8) is 0 Å². The molecule has 1 aliphatic heterocycles. The molecule has 3 rings (SSSR count). The number of aromatic amines is 1. The molecule has 1 fully saturated rings. The second kappa shape index (κ2) is 4.90. The van der Waals surface area contributed by atoms with Crippen LogP contribution >= 0.6 is 0 Å². The number of benzene rings is 1. The summed E-state index contributed by atoms with van der Waals surface area (Å²) in [6, 6.07) is 5.76. The van der Waals surface area contributed by atoms with Gasteiger partial charge in [-0.2, -0.15) is 0 Å². The van der Waals surface area contributed by atoms with E-state index in [2.05, 4.69) is 27.5 Å². The number of amides is 1. The van der Waals surface area contributed by atoms with Crippen molar-refractivity contribution in [3.8, 4) is 0 Å². The first-order valence-electron chi connectivity index (χ1n) is 7.16. The number of rotatable bonds is 3. The fraction of sp³-hybridized carbons (Fsp3) is 0.467. The van der Waals surface area contributed by atoms with Crippen LogP contribution in [0.5, 0.6) is 0 Å². The molecular weight excluding hydrogens is 252 g/mol. The van der Waals surface area contributed by atoms with Gasteiger partial charge in [0.1, 0.15) is 5.82 Å². The fourth-order valence-corrected chi connectivity index (χ4v) is 2.93. The second-order valence-corrected chi connectivity index (χ2v) is 5.47. The van der Waals surface area contributed by atoms with Crippen LogP contribution in [0.25, 0.3) is 11.0 Å². The number of nitrogens with one attached hydrogen (secondary N) is 3. The van der Waals surface area contributed by atoms with Crippen molar-refractivity contribution in [2.45, 2.75) is 38.6 Å². The van der Waals surface area contributed by atoms with E-state index < -0.39 is 5.54 Å². The summed E-state index contributed by atoms with van der Waals surface area (Å²) in [5.74, 6) is 0.944. The van der Waals surface area contributed by atoms with E-state index in [-0.39, 0.29) is 5.91 Å². The summed E-state index contributed by atoms with van der Waals surface area (Å²) in [6.45, 7) is 4.90. The average molecular weight is 272 g/mol. The van der Waals surface area contributed by atoms with Gasteiger partial charge in [-0.25, -0.2) is 4.98 Å². The number of fused-ring (bicyclic) bond motifs is 1. The SMILES string of the molecule is CCC1(C(=O)Nc2ccc3nc(C)[nH]c3c2)CCCN1.